The summed E-state index contributed by atoms with van der Waals surface area (Å²) in [6, 6.07) is 15.4. The van der Waals surface area contributed by atoms with Gasteiger partial charge in [0.25, 0.3) is 0 Å². The molecule has 0 radical (unpaired) electrons. The number of methoxy groups -OCH3 is 1. The van der Waals surface area contributed by atoms with Crippen LogP contribution >= 0.6 is 0 Å². The molecule has 5 heteroatoms. The Hall–Kier alpha value is -2.82. The SMILES string of the molecule is COc1ccc(C(C)(C)C(=O)Nc2ccc(C3=NCCCN3)cc2)cc1. The zero-order chi connectivity index (χ0) is 18.6. The van der Waals surface area contributed by atoms with Crippen LogP contribution in [-0.2, 0) is 10.2 Å². The smallest absolute Gasteiger partial charge is 0.234 e. The molecule has 1 aliphatic rings. The largest absolute Gasteiger partial charge is 0.497 e. The number of anilines is 1. The third-order valence-electron chi connectivity index (χ3n) is 4.69. The summed E-state index contributed by atoms with van der Waals surface area (Å²) in [6.07, 6.45) is 1.07. The number of carbonyl (C=O) groups is 1. The molecule has 1 amide bonds. The van der Waals surface area contributed by atoms with E-state index < -0.39 is 5.41 Å². The maximum atomic E-state index is 12.8. The molecule has 1 aliphatic heterocycles. The summed E-state index contributed by atoms with van der Waals surface area (Å²) in [4.78, 5) is 17.3. The van der Waals surface area contributed by atoms with Crippen LogP contribution in [0.3, 0.4) is 0 Å². The second kappa shape index (κ2) is 7.60. The van der Waals surface area contributed by atoms with Crippen molar-refractivity contribution in [3.05, 3.63) is 59.7 Å². The summed E-state index contributed by atoms with van der Waals surface area (Å²) in [6.45, 7) is 5.64. The fourth-order valence-corrected chi connectivity index (χ4v) is 2.86. The van der Waals surface area contributed by atoms with Gasteiger partial charge in [0.15, 0.2) is 0 Å². The van der Waals surface area contributed by atoms with Crippen molar-refractivity contribution in [1.82, 2.24) is 5.32 Å². The van der Waals surface area contributed by atoms with Gasteiger partial charge < -0.3 is 15.4 Å². The lowest BCUT2D eigenvalue weighted by molar-refractivity contribution is -0.120. The van der Waals surface area contributed by atoms with Crippen LogP contribution < -0.4 is 15.4 Å². The first kappa shape index (κ1) is 18.0. The third kappa shape index (κ3) is 3.87. The zero-order valence-electron chi connectivity index (χ0n) is 15.5. The predicted molar refractivity (Wildman–Crippen MR) is 105 cm³/mol. The van der Waals surface area contributed by atoms with Gasteiger partial charge in [-0.25, -0.2) is 0 Å². The van der Waals surface area contributed by atoms with Crippen molar-refractivity contribution in [2.24, 2.45) is 4.99 Å². The molecule has 2 aromatic carbocycles. The fraction of sp³-hybridized carbons (Fsp3) is 0.333. The molecule has 3 rings (SSSR count). The normalized spacial score (nSPS) is 14.2. The first-order chi connectivity index (χ1) is 12.5. The number of hydrogen-bond donors (Lipinski definition) is 2. The number of amidine groups is 1. The highest BCUT2D eigenvalue weighted by molar-refractivity contribution is 6.01. The minimum absolute atomic E-state index is 0.0523. The topological polar surface area (TPSA) is 62.7 Å². The molecule has 2 N–H and O–H groups in total. The van der Waals surface area contributed by atoms with Crippen molar-refractivity contribution in [2.45, 2.75) is 25.7 Å². The van der Waals surface area contributed by atoms with E-state index in [0.29, 0.717) is 0 Å². The highest BCUT2D eigenvalue weighted by atomic mass is 16.5. The Bertz CT molecular complexity index is 793. The van der Waals surface area contributed by atoms with E-state index in [4.69, 9.17) is 4.74 Å². The quantitative estimate of drug-likeness (QED) is 0.868. The van der Waals surface area contributed by atoms with Crippen LogP contribution in [0.15, 0.2) is 53.5 Å². The van der Waals surface area contributed by atoms with Gasteiger partial charge in [0.05, 0.1) is 12.5 Å². The molecule has 5 nitrogen and oxygen atoms in total. The standard InChI is InChI=1S/C21H25N3O2/c1-21(2,16-7-11-18(26-3)12-8-16)20(25)24-17-9-5-15(6-10-17)19-22-13-4-14-23-19/h5-12H,4,13-14H2,1-3H3,(H,22,23)(H,24,25). The first-order valence-corrected chi connectivity index (χ1v) is 8.85. The summed E-state index contributed by atoms with van der Waals surface area (Å²) >= 11 is 0. The molecule has 0 saturated heterocycles. The number of carbonyl (C=O) groups excluding carboxylic acids is 1. The summed E-state index contributed by atoms with van der Waals surface area (Å²) in [5.41, 5.74) is 2.10. The van der Waals surface area contributed by atoms with Gasteiger partial charge >= 0.3 is 0 Å². The summed E-state index contributed by atoms with van der Waals surface area (Å²) in [5.74, 6) is 1.65. The van der Waals surface area contributed by atoms with Crippen molar-refractivity contribution >= 4 is 17.4 Å². The number of hydrogen-bond acceptors (Lipinski definition) is 4. The second-order valence-corrected chi connectivity index (χ2v) is 6.90. The van der Waals surface area contributed by atoms with Crippen LogP contribution in [0.2, 0.25) is 0 Å². The van der Waals surface area contributed by atoms with Crippen LogP contribution in [0.1, 0.15) is 31.4 Å². The minimum atomic E-state index is -0.653. The van der Waals surface area contributed by atoms with Crippen LogP contribution in [0, 0.1) is 0 Å². The number of amides is 1. The number of rotatable bonds is 5. The monoisotopic (exact) mass is 351 g/mol. The molecule has 0 aliphatic carbocycles. The molecule has 0 aromatic heterocycles. The van der Waals surface area contributed by atoms with E-state index in [1.165, 1.54) is 0 Å². The third-order valence-corrected chi connectivity index (χ3v) is 4.69. The molecule has 0 atom stereocenters. The van der Waals surface area contributed by atoms with E-state index in [-0.39, 0.29) is 5.91 Å². The number of benzene rings is 2. The number of ether oxygens (including phenoxy) is 1. The lowest BCUT2D eigenvalue weighted by Gasteiger charge is -2.24. The van der Waals surface area contributed by atoms with Crippen molar-refractivity contribution < 1.29 is 9.53 Å². The highest BCUT2D eigenvalue weighted by Crippen LogP contribution is 2.27. The predicted octanol–water partition coefficient (Wildman–Crippen LogP) is 3.35. The van der Waals surface area contributed by atoms with E-state index in [0.717, 1.165) is 47.9 Å². The van der Waals surface area contributed by atoms with Crippen molar-refractivity contribution in [3.63, 3.8) is 0 Å². The van der Waals surface area contributed by atoms with Gasteiger partial charge in [0, 0.05) is 24.3 Å². The van der Waals surface area contributed by atoms with Crippen molar-refractivity contribution in [1.29, 1.82) is 0 Å². The molecular formula is C21H25N3O2. The number of nitrogens with one attached hydrogen (secondary N) is 2. The Labute approximate surface area is 154 Å². The summed E-state index contributed by atoms with van der Waals surface area (Å²) in [7, 11) is 1.63. The van der Waals surface area contributed by atoms with Gasteiger partial charge in [-0.05, 0) is 62.2 Å². The molecule has 26 heavy (non-hydrogen) atoms. The van der Waals surface area contributed by atoms with E-state index in [9.17, 15) is 4.79 Å². The van der Waals surface area contributed by atoms with E-state index >= 15 is 0 Å². The Morgan fingerprint density at radius 3 is 2.38 bits per heavy atom. The van der Waals surface area contributed by atoms with Crippen molar-refractivity contribution in [2.75, 3.05) is 25.5 Å². The first-order valence-electron chi connectivity index (χ1n) is 8.85. The Balaban J connectivity index is 1.70. The fourth-order valence-electron chi connectivity index (χ4n) is 2.86. The van der Waals surface area contributed by atoms with Gasteiger partial charge in [-0.3, -0.25) is 9.79 Å². The van der Waals surface area contributed by atoms with E-state index in [1.54, 1.807) is 7.11 Å². The summed E-state index contributed by atoms with van der Waals surface area (Å²) < 4.78 is 5.18. The lowest BCUT2D eigenvalue weighted by Crippen LogP contribution is -2.34. The van der Waals surface area contributed by atoms with Gasteiger partial charge in [-0.1, -0.05) is 12.1 Å². The van der Waals surface area contributed by atoms with Crippen molar-refractivity contribution in [3.8, 4) is 5.75 Å². The molecular weight excluding hydrogens is 326 g/mol. The van der Waals surface area contributed by atoms with Gasteiger partial charge in [-0.2, -0.15) is 0 Å². The van der Waals surface area contributed by atoms with Crippen LogP contribution in [0.4, 0.5) is 5.69 Å². The molecule has 0 fully saturated rings. The molecule has 2 aromatic rings. The summed E-state index contributed by atoms with van der Waals surface area (Å²) in [5, 5.41) is 6.31. The molecule has 0 bridgehead atoms. The molecule has 1 heterocycles. The number of nitrogens with zero attached hydrogens (tertiary/aromatic N) is 1. The maximum Gasteiger partial charge on any atom is 0.234 e. The maximum absolute atomic E-state index is 12.8. The zero-order valence-corrected chi connectivity index (χ0v) is 15.5. The van der Waals surface area contributed by atoms with Gasteiger partial charge in [0.2, 0.25) is 5.91 Å². The highest BCUT2D eigenvalue weighted by Gasteiger charge is 2.29. The molecule has 0 unspecified atom stereocenters. The van der Waals surface area contributed by atoms with Crippen LogP contribution in [0.25, 0.3) is 0 Å². The Kier molecular flexibility index (Phi) is 5.26. The minimum Gasteiger partial charge on any atom is -0.497 e. The van der Waals surface area contributed by atoms with Crippen LogP contribution in [0.5, 0.6) is 5.75 Å². The Morgan fingerprint density at radius 2 is 1.81 bits per heavy atom. The van der Waals surface area contributed by atoms with Gasteiger partial charge in [0.1, 0.15) is 11.6 Å². The van der Waals surface area contributed by atoms with E-state index in [1.807, 2.05) is 62.4 Å². The average molecular weight is 351 g/mol. The lowest BCUT2D eigenvalue weighted by atomic mass is 9.83. The number of aliphatic imine (C=N–C) groups is 1. The average Bonchev–Trinajstić information content (AvgIpc) is 2.69. The molecule has 136 valence electrons. The molecule has 0 saturated carbocycles. The Morgan fingerprint density at radius 1 is 1.12 bits per heavy atom. The van der Waals surface area contributed by atoms with Crippen LogP contribution in [-0.4, -0.2) is 31.9 Å². The van der Waals surface area contributed by atoms with Gasteiger partial charge in [-0.15, -0.1) is 0 Å². The molecule has 0 spiro atoms. The van der Waals surface area contributed by atoms with E-state index in [2.05, 4.69) is 15.6 Å². The second-order valence-electron chi connectivity index (χ2n) is 6.90.